The number of hydrogen-bond acceptors (Lipinski definition) is 8. The highest BCUT2D eigenvalue weighted by atomic mass is 16.5. The maximum atomic E-state index is 14.0. The van der Waals surface area contributed by atoms with E-state index in [9.17, 15) is 14.4 Å². The second kappa shape index (κ2) is 13.6. The summed E-state index contributed by atoms with van der Waals surface area (Å²) in [6, 6.07) is 25.7. The van der Waals surface area contributed by atoms with Crippen LogP contribution in [0.4, 0.5) is 0 Å². The van der Waals surface area contributed by atoms with Gasteiger partial charge in [0.05, 0.1) is 7.11 Å². The number of carbonyl (C=O) groups is 1. The molecule has 0 spiro atoms. The lowest BCUT2D eigenvalue weighted by molar-refractivity contribution is -0.141. The summed E-state index contributed by atoms with van der Waals surface area (Å²) in [6.07, 6.45) is 2.98. The van der Waals surface area contributed by atoms with Crippen molar-refractivity contribution in [3.8, 4) is 22.5 Å². The van der Waals surface area contributed by atoms with Crippen molar-refractivity contribution in [1.82, 2.24) is 39.3 Å². The van der Waals surface area contributed by atoms with E-state index in [0.29, 0.717) is 43.2 Å². The van der Waals surface area contributed by atoms with Crippen molar-refractivity contribution in [2.45, 2.75) is 52.2 Å². The Morgan fingerprint density at radius 2 is 1.59 bits per heavy atom. The SMILES string of the molecule is CCCCc1nc2c(c(=O)n(CC(=O)OC)c(=O)n2CCc2ccccc2)n1Cc1ccc(-c2ccccc2-c2nnn[nH]2)cc1. The van der Waals surface area contributed by atoms with Crippen LogP contribution in [0, 0.1) is 0 Å². The summed E-state index contributed by atoms with van der Waals surface area (Å²) < 4.78 is 9.19. The molecule has 3 aromatic heterocycles. The molecule has 1 N–H and O–H groups in total. The third kappa shape index (κ3) is 6.14. The summed E-state index contributed by atoms with van der Waals surface area (Å²) in [5.74, 6) is 0.610. The monoisotopic (exact) mass is 618 g/mol. The van der Waals surface area contributed by atoms with E-state index in [0.717, 1.165) is 45.2 Å². The van der Waals surface area contributed by atoms with Gasteiger partial charge in [-0.25, -0.2) is 19.4 Å². The predicted molar refractivity (Wildman–Crippen MR) is 173 cm³/mol. The number of imidazole rings is 1. The van der Waals surface area contributed by atoms with Gasteiger partial charge in [0, 0.05) is 25.1 Å². The summed E-state index contributed by atoms with van der Waals surface area (Å²) in [6.45, 7) is 2.25. The van der Waals surface area contributed by atoms with E-state index >= 15 is 0 Å². The Bertz CT molecular complexity index is 2080. The van der Waals surface area contributed by atoms with Gasteiger partial charge in [-0.05, 0) is 45.5 Å². The van der Waals surface area contributed by atoms with Crippen molar-refractivity contribution in [3.05, 3.63) is 117 Å². The van der Waals surface area contributed by atoms with Gasteiger partial charge in [0.15, 0.2) is 17.0 Å². The number of aromatic amines is 1. The molecule has 0 bridgehead atoms. The van der Waals surface area contributed by atoms with E-state index in [1.165, 1.54) is 11.7 Å². The minimum atomic E-state index is -0.678. The van der Waals surface area contributed by atoms with Crippen molar-refractivity contribution in [2.24, 2.45) is 0 Å². The fourth-order valence-corrected chi connectivity index (χ4v) is 5.64. The Morgan fingerprint density at radius 3 is 2.28 bits per heavy atom. The number of tetrazole rings is 1. The maximum Gasteiger partial charge on any atom is 0.333 e. The van der Waals surface area contributed by atoms with Crippen LogP contribution < -0.4 is 11.2 Å². The van der Waals surface area contributed by atoms with Crippen molar-refractivity contribution < 1.29 is 9.53 Å². The first-order valence-corrected chi connectivity index (χ1v) is 15.2. The van der Waals surface area contributed by atoms with Gasteiger partial charge >= 0.3 is 11.7 Å². The second-order valence-electron chi connectivity index (χ2n) is 11.0. The molecular weight excluding hydrogens is 584 g/mol. The fraction of sp³-hybridized carbons (Fsp3) is 0.265. The molecule has 0 aliphatic carbocycles. The Balaban J connectivity index is 1.44. The van der Waals surface area contributed by atoms with E-state index in [4.69, 9.17) is 9.72 Å². The molecule has 0 saturated carbocycles. The normalized spacial score (nSPS) is 11.3. The van der Waals surface area contributed by atoms with Crippen LogP contribution in [-0.2, 0) is 42.0 Å². The number of fused-ring (bicyclic) bond motifs is 1. The second-order valence-corrected chi connectivity index (χ2v) is 11.0. The lowest BCUT2D eigenvalue weighted by Crippen LogP contribution is -2.42. The van der Waals surface area contributed by atoms with Gasteiger partial charge in [0.1, 0.15) is 12.4 Å². The minimum absolute atomic E-state index is 0.287. The number of esters is 1. The number of rotatable bonds is 12. The van der Waals surface area contributed by atoms with Crippen LogP contribution in [0.25, 0.3) is 33.7 Å². The quantitative estimate of drug-likeness (QED) is 0.203. The van der Waals surface area contributed by atoms with Crippen LogP contribution in [0.3, 0.4) is 0 Å². The van der Waals surface area contributed by atoms with E-state index < -0.39 is 23.8 Å². The highest BCUT2D eigenvalue weighted by molar-refractivity contribution is 5.80. The Morgan fingerprint density at radius 1 is 0.848 bits per heavy atom. The highest BCUT2D eigenvalue weighted by Gasteiger charge is 2.23. The number of methoxy groups -OCH3 is 1. The lowest BCUT2D eigenvalue weighted by Gasteiger charge is -2.13. The smallest absolute Gasteiger partial charge is 0.333 e. The number of unbranched alkanes of at least 4 members (excludes halogenated alkanes) is 1. The van der Waals surface area contributed by atoms with Crippen molar-refractivity contribution in [1.29, 1.82) is 0 Å². The number of aryl methyl sites for hydroxylation is 3. The zero-order chi connectivity index (χ0) is 32.0. The number of ether oxygens (including phenoxy) is 1. The van der Waals surface area contributed by atoms with E-state index in [1.54, 1.807) is 0 Å². The molecule has 3 heterocycles. The molecule has 0 fully saturated rings. The molecule has 3 aromatic carbocycles. The summed E-state index contributed by atoms with van der Waals surface area (Å²) in [5.41, 5.74) is 4.27. The molecule has 0 aliphatic heterocycles. The molecule has 0 unspecified atom stereocenters. The van der Waals surface area contributed by atoms with E-state index in [2.05, 4.69) is 27.5 Å². The van der Waals surface area contributed by atoms with Gasteiger partial charge < -0.3 is 9.30 Å². The number of nitrogens with one attached hydrogen (secondary N) is 1. The molecule has 6 rings (SSSR count). The Labute approximate surface area is 264 Å². The number of carbonyl (C=O) groups excluding carboxylic acids is 1. The van der Waals surface area contributed by atoms with Crippen molar-refractivity contribution in [3.63, 3.8) is 0 Å². The molecule has 46 heavy (non-hydrogen) atoms. The molecule has 12 heteroatoms. The van der Waals surface area contributed by atoms with Gasteiger partial charge in [-0.1, -0.05) is 92.2 Å². The molecule has 0 saturated heterocycles. The van der Waals surface area contributed by atoms with E-state index in [-0.39, 0.29) is 5.52 Å². The fourth-order valence-electron chi connectivity index (χ4n) is 5.64. The maximum absolute atomic E-state index is 14.0. The number of hydrogen-bond donors (Lipinski definition) is 1. The molecule has 0 aliphatic rings. The van der Waals surface area contributed by atoms with Crippen LogP contribution in [0.1, 0.15) is 36.7 Å². The molecule has 12 nitrogen and oxygen atoms in total. The van der Waals surface area contributed by atoms with Crippen LogP contribution >= 0.6 is 0 Å². The molecular formula is C34H34N8O4. The predicted octanol–water partition coefficient (Wildman–Crippen LogP) is 4.01. The zero-order valence-electron chi connectivity index (χ0n) is 25.7. The lowest BCUT2D eigenvalue weighted by atomic mass is 9.98. The van der Waals surface area contributed by atoms with Gasteiger partial charge in [-0.15, -0.1) is 5.10 Å². The first-order chi connectivity index (χ1) is 22.5. The first-order valence-electron chi connectivity index (χ1n) is 15.2. The number of aromatic nitrogens is 8. The first kappa shape index (κ1) is 30.4. The van der Waals surface area contributed by atoms with Crippen LogP contribution in [0.15, 0.2) is 88.5 Å². The molecule has 0 radical (unpaired) electrons. The summed E-state index contributed by atoms with van der Waals surface area (Å²) in [7, 11) is 1.23. The van der Waals surface area contributed by atoms with Gasteiger partial charge in [-0.3, -0.25) is 14.2 Å². The Kier molecular flexibility index (Phi) is 8.95. The average molecular weight is 619 g/mol. The minimum Gasteiger partial charge on any atom is -0.468 e. The molecule has 0 atom stereocenters. The van der Waals surface area contributed by atoms with Gasteiger partial charge in [0.25, 0.3) is 5.56 Å². The number of nitrogens with zero attached hydrogens (tertiary/aromatic N) is 7. The summed E-state index contributed by atoms with van der Waals surface area (Å²) in [4.78, 5) is 44.9. The molecule has 0 amide bonds. The summed E-state index contributed by atoms with van der Waals surface area (Å²) in [5, 5.41) is 14.3. The third-order valence-corrected chi connectivity index (χ3v) is 8.06. The third-order valence-electron chi connectivity index (χ3n) is 8.06. The van der Waals surface area contributed by atoms with Crippen LogP contribution in [0.5, 0.6) is 0 Å². The van der Waals surface area contributed by atoms with Crippen LogP contribution in [-0.4, -0.2) is 52.4 Å². The Hall–Kier alpha value is -5.65. The zero-order valence-corrected chi connectivity index (χ0v) is 25.7. The van der Waals surface area contributed by atoms with Crippen molar-refractivity contribution >= 4 is 17.1 Å². The highest BCUT2D eigenvalue weighted by Crippen LogP contribution is 2.30. The van der Waals surface area contributed by atoms with Gasteiger partial charge in [-0.2, -0.15) is 0 Å². The summed E-state index contributed by atoms with van der Waals surface area (Å²) >= 11 is 0. The van der Waals surface area contributed by atoms with Crippen LogP contribution in [0.2, 0.25) is 0 Å². The molecule has 234 valence electrons. The van der Waals surface area contributed by atoms with E-state index in [1.807, 2.05) is 83.4 Å². The number of benzene rings is 3. The largest absolute Gasteiger partial charge is 0.468 e. The molecule has 6 aromatic rings. The van der Waals surface area contributed by atoms with Crippen molar-refractivity contribution in [2.75, 3.05) is 7.11 Å². The number of H-pyrrole nitrogens is 1. The standard InChI is InChI=1S/C34H34N8O4/c1-3-4-14-28-35-32-30(33(44)42(22-29(43)46-2)34(45)40(32)20-19-23-10-6-5-7-11-23)41(28)21-24-15-17-25(18-16-24)26-12-8-9-13-27(26)31-36-38-39-37-31/h5-13,15-18H,3-4,14,19-22H2,1-2H3,(H,36,37,38,39). The van der Waals surface area contributed by atoms with Gasteiger partial charge in [0.2, 0.25) is 0 Å². The topological polar surface area (TPSA) is 143 Å². The average Bonchev–Trinajstić information content (AvgIpc) is 3.75.